The summed E-state index contributed by atoms with van der Waals surface area (Å²) < 4.78 is 25.8. The molecule has 7 nitrogen and oxygen atoms in total. The Kier molecular flexibility index (Phi) is 5.32. The number of benzene rings is 1. The minimum absolute atomic E-state index is 0.0764. The zero-order valence-electron chi connectivity index (χ0n) is 11.4. The Hall–Kier alpha value is -1.64. The molecule has 0 saturated carbocycles. The third-order valence-corrected chi connectivity index (χ3v) is 5.01. The summed E-state index contributed by atoms with van der Waals surface area (Å²) >= 11 is 5.70. The van der Waals surface area contributed by atoms with Crippen LogP contribution in [-0.2, 0) is 14.8 Å². The van der Waals surface area contributed by atoms with E-state index in [4.69, 9.17) is 22.4 Å². The zero-order chi connectivity index (χ0) is 16.4. The molecular formula is C12H15ClN2O5S. The highest BCUT2D eigenvalue weighted by atomic mass is 35.5. The molecule has 0 atom stereocenters. The number of carbonyl (C=O) groups is 2. The average molecular weight is 335 g/mol. The summed E-state index contributed by atoms with van der Waals surface area (Å²) in [6.45, 7) is 2.66. The van der Waals surface area contributed by atoms with Gasteiger partial charge in [-0.15, -0.1) is 0 Å². The molecule has 0 aliphatic rings. The molecule has 0 spiro atoms. The van der Waals surface area contributed by atoms with Gasteiger partial charge in [-0.25, -0.2) is 13.2 Å². The van der Waals surface area contributed by atoms with E-state index >= 15 is 0 Å². The fraction of sp³-hybridized carbons (Fsp3) is 0.333. The van der Waals surface area contributed by atoms with Crippen molar-refractivity contribution in [3.8, 4) is 0 Å². The van der Waals surface area contributed by atoms with Gasteiger partial charge >= 0.3 is 5.97 Å². The van der Waals surface area contributed by atoms with Crippen LogP contribution in [0.5, 0.6) is 0 Å². The summed E-state index contributed by atoms with van der Waals surface area (Å²) in [5.74, 6) is -2.15. The van der Waals surface area contributed by atoms with Gasteiger partial charge in [-0.1, -0.05) is 11.6 Å². The molecule has 0 unspecified atom stereocenters. The van der Waals surface area contributed by atoms with E-state index in [9.17, 15) is 18.0 Å². The van der Waals surface area contributed by atoms with Gasteiger partial charge in [0.15, 0.2) is 0 Å². The summed E-state index contributed by atoms with van der Waals surface area (Å²) in [5.41, 5.74) is 4.72. The standard InChI is InChI=1S/C12H15ClN2O5S/c1-7(2)15(6-11(14)16)21(19,20)8-3-4-10(13)9(5-8)12(17)18/h3-5,7H,6H2,1-2H3,(H2,14,16)(H,17,18). The number of aromatic carboxylic acids is 1. The highest BCUT2D eigenvalue weighted by molar-refractivity contribution is 7.89. The molecule has 3 N–H and O–H groups in total. The molecule has 0 aliphatic heterocycles. The number of primary amides is 1. The summed E-state index contributed by atoms with van der Waals surface area (Å²) in [7, 11) is -4.06. The number of halogens is 1. The fourth-order valence-corrected chi connectivity index (χ4v) is 3.49. The highest BCUT2D eigenvalue weighted by Crippen LogP contribution is 2.24. The summed E-state index contributed by atoms with van der Waals surface area (Å²) in [5, 5.41) is 8.91. The number of nitrogens with two attached hydrogens (primary N) is 1. The van der Waals surface area contributed by atoms with E-state index in [1.807, 2.05) is 0 Å². The maximum absolute atomic E-state index is 12.5. The molecule has 0 bridgehead atoms. The highest BCUT2D eigenvalue weighted by Gasteiger charge is 2.29. The predicted molar refractivity (Wildman–Crippen MR) is 76.6 cm³/mol. The van der Waals surface area contributed by atoms with Crippen LogP contribution in [0, 0.1) is 0 Å². The van der Waals surface area contributed by atoms with Crippen molar-refractivity contribution in [2.24, 2.45) is 5.73 Å². The Balaban J connectivity index is 3.38. The first kappa shape index (κ1) is 17.4. The zero-order valence-corrected chi connectivity index (χ0v) is 13.0. The van der Waals surface area contributed by atoms with E-state index in [-0.39, 0.29) is 15.5 Å². The van der Waals surface area contributed by atoms with Crippen molar-refractivity contribution in [3.05, 3.63) is 28.8 Å². The van der Waals surface area contributed by atoms with Gasteiger partial charge in [0.05, 0.1) is 22.0 Å². The van der Waals surface area contributed by atoms with Crippen molar-refractivity contribution >= 4 is 33.5 Å². The Morgan fingerprint density at radius 1 is 1.38 bits per heavy atom. The van der Waals surface area contributed by atoms with E-state index in [0.717, 1.165) is 10.4 Å². The van der Waals surface area contributed by atoms with Gasteiger partial charge in [-0.2, -0.15) is 4.31 Å². The summed E-state index contributed by atoms with van der Waals surface area (Å²) in [6.07, 6.45) is 0. The second-order valence-corrected chi connectivity index (χ2v) is 6.85. The lowest BCUT2D eigenvalue weighted by molar-refractivity contribution is -0.118. The molecule has 1 amide bonds. The Bertz CT molecular complexity index is 672. The molecule has 21 heavy (non-hydrogen) atoms. The van der Waals surface area contributed by atoms with Gasteiger partial charge in [-0.3, -0.25) is 4.79 Å². The number of hydrogen-bond donors (Lipinski definition) is 2. The molecule has 1 rings (SSSR count). The topological polar surface area (TPSA) is 118 Å². The van der Waals surface area contributed by atoms with Crippen LogP contribution in [0.4, 0.5) is 0 Å². The quantitative estimate of drug-likeness (QED) is 0.802. The molecule has 0 aromatic heterocycles. The predicted octanol–water partition coefficient (Wildman–Crippen LogP) is 0.923. The van der Waals surface area contributed by atoms with Crippen LogP contribution in [0.3, 0.4) is 0 Å². The molecule has 0 saturated heterocycles. The Morgan fingerprint density at radius 3 is 2.38 bits per heavy atom. The van der Waals surface area contributed by atoms with Crippen LogP contribution in [0.15, 0.2) is 23.1 Å². The van der Waals surface area contributed by atoms with Crippen molar-refractivity contribution in [2.45, 2.75) is 24.8 Å². The third-order valence-electron chi connectivity index (χ3n) is 2.66. The fourth-order valence-electron chi connectivity index (χ4n) is 1.66. The van der Waals surface area contributed by atoms with Gasteiger partial charge in [-0.05, 0) is 32.0 Å². The van der Waals surface area contributed by atoms with E-state index in [1.54, 1.807) is 13.8 Å². The van der Waals surface area contributed by atoms with Crippen molar-refractivity contribution in [3.63, 3.8) is 0 Å². The van der Waals surface area contributed by atoms with Crippen molar-refractivity contribution in [2.75, 3.05) is 6.54 Å². The number of hydrogen-bond acceptors (Lipinski definition) is 4. The molecule has 0 radical (unpaired) electrons. The number of carboxylic acids is 1. The second-order valence-electron chi connectivity index (χ2n) is 4.56. The van der Waals surface area contributed by atoms with Crippen LogP contribution >= 0.6 is 11.6 Å². The largest absolute Gasteiger partial charge is 0.478 e. The summed E-state index contributed by atoms with van der Waals surface area (Å²) in [6, 6.07) is 2.80. The molecule has 9 heteroatoms. The minimum atomic E-state index is -4.06. The van der Waals surface area contributed by atoms with Crippen LogP contribution in [-0.4, -0.2) is 42.3 Å². The Morgan fingerprint density at radius 2 is 1.95 bits per heavy atom. The van der Waals surface area contributed by atoms with Crippen molar-refractivity contribution in [1.29, 1.82) is 0 Å². The first-order valence-electron chi connectivity index (χ1n) is 5.90. The first-order chi connectivity index (χ1) is 9.57. The SMILES string of the molecule is CC(C)N(CC(N)=O)S(=O)(=O)c1ccc(Cl)c(C(=O)O)c1. The monoisotopic (exact) mass is 334 g/mol. The van der Waals surface area contributed by atoms with Crippen LogP contribution in [0.2, 0.25) is 5.02 Å². The van der Waals surface area contributed by atoms with Crippen LogP contribution in [0.25, 0.3) is 0 Å². The molecule has 0 fully saturated rings. The van der Waals surface area contributed by atoms with E-state index in [2.05, 4.69) is 0 Å². The lowest BCUT2D eigenvalue weighted by Gasteiger charge is -2.24. The number of carboxylic acid groups (broad SMARTS) is 1. The lowest BCUT2D eigenvalue weighted by atomic mass is 10.2. The Labute approximate surface area is 127 Å². The molecule has 116 valence electrons. The minimum Gasteiger partial charge on any atom is -0.478 e. The van der Waals surface area contributed by atoms with Gasteiger partial charge in [0, 0.05) is 6.04 Å². The van der Waals surface area contributed by atoms with Crippen molar-refractivity contribution < 1.29 is 23.1 Å². The molecule has 0 aliphatic carbocycles. The second kappa shape index (κ2) is 6.42. The number of nitrogens with zero attached hydrogens (tertiary/aromatic N) is 1. The van der Waals surface area contributed by atoms with Crippen LogP contribution in [0.1, 0.15) is 24.2 Å². The van der Waals surface area contributed by atoms with E-state index < -0.39 is 34.5 Å². The number of sulfonamides is 1. The molecule has 1 aromatic rings. The maximum atomic E-state index is 12.5. The van der Waals surface area contributed by atoms with E-state index in [1.165, 1.54) is 12.1 Å². The van der Waals surface area contributed by atoms with Crippen LogP contribution < -0.4 is 5.73 Å². The summed E-state index contributed by atoms with van der Waals surface area (Å²) in [4.78, 5) is 21.8. The van der Waals surface area contributed by atoms with Gasteiger partial charge in [0.25, 0.3) is 0 Å². The maximum Gasteiger partial charge on any atom is 0.337 e. The number of carbonyl (C=O) groups excluding carboxylic acids is 1. The van der Waals surface area contributed by atoms with Gasteiger partial charge in [0.1, 0.15) is 0 Å². The van der Waals surface area contributed by atoms with E-state index in [0.29, 0.717) is 0 Å². The normalized spacial score (nSPS) is 11.9. The first-order valence-corrected chi connectivity index (χ1v) is 7.72. The van der Waals surface area contributed by atoms with Gasteiger partial charge in [0.2, 0.25) is 15.9 Å². The molecule has 1 aromatic carbocycles. The van der Waals surface area contributed by atoms with Crippen molar-refractivity contribution in [1.82, 2.24) is 4.31 Å². The number of rotatable bonds is 6. The van der Waals surface area contributed by atoms with Gasteiger partial charge < -0.3 is 10.8 Å². The average Bonchev–Trinajstić information content (AvgIpc) is 2.35. The lowest BCUT2D eigenvalue weighted by Crippen LogP contribution is -2.42. The molecule has 0 heterocycles. The smallest absolute Gasteiger partial charge is 0.337 e. The number of amides is 1. The third kappa shape index (κ3) is 3.93. The molecular weight excluding hydrogens is 320 g/mol.